The van der Waals surface area contributed by atoms with Gasteiger partial charge in [0.2, 0.25) is 5.95 Å². The normalized spacial score (nSPS) is 22.5. The van der Waals surface area contributed by atoms with Gasteiger partial charge in [0.25, 0.3) is 0 Å². The highest BCUT2D eigenvalue weighted by atomic mass is 35.5. The maximum atomic E-state index is 9.97. The Balaban J connectivity index is 1.70. The van der Waals surface area contributed by atoms with E-state index in [-0.39, 0.29) is 17.7 Å². The van der Waals surface area contributed by atoms with E-state index in [1.807, 2.05) is 0 Å². The molecule has 0 saturated carbocycles. The van der Waals surface area contributed by atoms with E-state index in [0.29, 0.717) is 33.3 Å². The molecule has 1 aliphatic heterocycles. The van der Waals surface area contributed by atoms with E-state index in [9.17, 15) is 10.2 Å². The lowest BCUT2D eigenvalue weighted by Gasteiger charge is -2.14. The largest absolute Gasteiger partial charge is 0.394 e. The molecule has 2 aromatic heterocycles. The minimum Gasteiger partial charge on any atom is -0.394 e. The van der Waals surface area contributed by atoms with Gasteiger partial charge in [-0.1, -0.05) is 34.8 Å². The van der Waals surface area contributed by atoms with Gasteiger partial charge in [0.1, 0.15) is 17.8 Å². The highest BCUT2D eigenvalue weighted by molar-refractivity contribution is 6.35. The maximum absolute atomic E-state index is 9.97. The fraction of sp³-hybridized carbons (Fsp3) is 0.312. The summed E-state index contributed by atoms with van der Waals surface area (Å²) in [6.07, 6.45) is -0.147. The molecule has 0 aliphatic carbocycles. The number of halogens is 3. The van der Waals surface area contributed by atoms with E-state index in [4.69, 9.17) is 39.5 Å². The number of nitrogens with zero attached hydrogens (tertiary/aromatic N) is 4. The molecule has 3 heterocycles. The average molecular weight is 431 g/mol. The first kappa shape index (κ1) is 18.7. The Bertz CT molecular complexity index is 979. The number of benzene rings is 1. The summed E-state index contributed by atoms with van der Waals surface area (Å²) in [6.45, 7) is -0.275. The third-order valence-corrected chi connectivity index (χ3v) is 4.89. The van der Waals surface area contributed by atoms with Crippen LogP contribution in [0.1, 0.15) is 12.6 Å². The number of aliphatic hydroxyl groups excluding tert-OH is 2. The van der Waals surface area contributed by atoms with Gasteiger partial charge in [0, 0.05) is 22.2 Å². The smallest absolute Gasteiger partial charge is 0.230 e. The second-order valence-electron chi connectivity index (χ2n) is 6.06. The lowest BCUT2D eigenvalue weighted by atomic mass is 10.2. The second-order valence-corrected chi connectivity index (χ2v) is 7.29. The minimum absolute atomic E-state index is 0.159. The molecule has 1 aromatic carbocycles. The Morgan fingerprint density at radius 1 is 1.19 bits per heavy atom. The zero-order valence-electron chi connectivity index (χ0n) is 13.7. The Hall–Kier alpha value is -1.68. The van der Waals surface area contributed by atoms with Gasteiger partial charge in [-0.3, -0.25) is 4.57 Å². The Morgan fingerprint density at radius 3 is 2.59 bits per heavy atom. The molecule has 1 saturated heterocycles. The SMILES string of the molecule is OC[C@H]1O[C@@H](n2cnc3c(Cl)nc(Nc4cc(Cl)cc(Cl)c4)nc32)C[C@@H]1O. The molecule has 0 radical (unpaired) electrons. The van der Waals surface area contributed by atoms with E-state index >= 15 is 0 Å². The van der Waals surface area contributed by atoms with Crippen LogP contribution in [-0.4, -0.2) is 48.5 Å². The third kappa shape index (κ3) is 3.69. The van der Waals surface area contributed by atoms with Crippen molar-refractivity contribution in [2.45, 2.75) is 24.9 Å². The van der Waals surface area contributed by atoms with Gasteiger partial charge >= 0.3 is 0 Å². The molecule has 27 heavy (non-hydrogen) atoms. The number of hydrogen-bond acceptors (Lipinski definition) is 7. The molecular formula is C16H14Cl3N5O3. The first-order valence-electron chi connectivity index (χ1n) is 8.02. The summed E-state index contributed by atoms with van der Waals surface area (Å²) in [4.78, 5) is 12.9. The first-order chi connectivity index (χ1) is 12.9. The molecule has 0 bridgehead atoms. The number of hydrogen-bond donors (Lipinski definition) is 3. The number of aliphatic hydroxyl groups is 2. The topological polar surface area (TPSA) is 105 Å². The van der Waals surface area contributed by atoms with Gasteiger partial charge in [-0.15, -0.1) is 0 Å². The Morgan fingerprint density at radius 2 is 1.93 bits per heavy atom. The number of imidazole rings is 1. The first-order valence-corrected chi connectivity index (χ1v) is 9.15. The second kappa shape index (κ2) is 7.38. The van der Waals surface area contributed by atoms with Crippen molar-refractivity contribution in [1.82, 2.24) is 19.5 Å². The lowest BCUT2D eigenvalue weighted by molar-refractivity contribution is -0.0432. The fourth-order valence-corrected chi connectivity index (χ4v) is 3.69. The predicted octanol–water partition coefficient (Wildman–Crippen LogP) is 3.17. The maximum Gasteiger partial charge on any atom is 0.230 e. The lowest BCUT2D eigenvalue weighted by Crippen LogP contribution is -2.24. The van der Waals surface area contributed by atoms with Crippen LogP contribution in [0, 0.1) is 0 Å². The van der Waals surface area contributed by atoms with Crippen LogP contribution in [0.2, 0.25) is 15.2 Å². The molecule has 0 spiro atoms. The van der Waals surface area contributed by atoms with Gasteiger partial charge in [0.15, 0.2) is 10.8 Å². The van der Waals surface area contributed by atoms with Crippen molar-refractivity contribution in [3.63, 3.8) is 0 Å². The molecule has 4 rings (SSSR count). The van der Waals surface area contributed by atoms with Crippen LogP contribution in [-0.2, 0) is 4.74 Å². The number of fused-ring (bicyclic) bond motifs is 1. The number of ether oxygens (including phenoxy) is 1. The molecule has 3 aromatic rings. The van der Waals surface area contributed by atoms with E-state index in [0.717, 1.165) is 0 Å². The van der Waals surface area contributed by atoms with Crippen molar-refractivity contribution in [2.24, 2.45) is 0 Å². The summed E-state index contributed by atoms with van der Waals surface area (Å²) in [6, 6.07) is 4.96. The summed E-state index contributed by atoms with van der Waals surface area (Å²) < 4.78 is 7.32. The van der Waals surface area contributed by atoms with Crippen molar-refractivity contribution < 1.29 is 14.9 Å². The number of nitrogens with one attached hydrogen (secondary N) is 1. The molecule has 1 fully saturated rings. The summed E-state index contributed by atoms with van der Waals surface area (Å²) in [5, 5.41) is 23.3. The molecule has 3 atom stereocenters. The van der Waals surface area contributed by atoms with Gasteiger partial charge in [-0.05, 0) is 18.2 Å². The van der Waals surface area contributed by atoms with E-state index < -0.39 is 18.4 Å². The van der Waals surface area contributed by atoms with Gasteiger partial charge in [-0.25, -0.2) is 4.98 Å². The molecule has 3 N–H and O–H groups in total. The van der Waals surface area contributed by atoms with Crippen LogP contribution in [0.3, 0.4) is 0 Å². The zero-order valence-corrected chi connectivity index (χ0v) is 15.9. The summed E-state index contributed by atoms with van der Waals surface area (Å²) >= 11 is 18.3. The molecule has 1 aliphatic rings. The van der Waals surface area contributed by atoms with Gasteiger partial charge < -0.3 is 20.3 Å². The monoisotopic (exact) mass is 429 g/mol. The van der Waals surface area contributed by atoms with Crippen molar-refractivity contribution in [3.8, 4) is 0 Å². The van der Waals surface area contributed by atoms with Crippen molar-refractivity contribution in [1.29, 1.82) is 0 Å². The Kier molecular flexibility index (Phi) is 5.11. The van der Waals surface area contributed by atoms with E-state index in [2.05, 4.69) is 20.3 Å². The third-order valence-electron chi connectivity index (χ3n) is 4.19. The van der Waals surface area contributed by atoms with Crippen molar-refractivity contribution >= 4 is 57.6 Å². The predicted molar refractivity (Wildman–Crippen MR) is 102 cm³/mol. The summed E-state index contributed by atoms with van der Waals surface area (Å²) in [7, 11) is 0. The molecule has 8 nitrogen and oxygen atoms in total. The Labute approximate surface area is 168 Å². The highest BCUT2D eigenvalue weighted by Gasteiger charge is 2.35. The number of anilines is 2. The summed E-state index contributed by atoms with van der Waals surface area (Å²) in [5.74, 6) is 0.227. The fourth-order valence-electron chi connectivity index (χ4n) is 2.95. The molecule has 0 unspecified atom stereocenters. The molecular weight excluding hydrogens is 417 g/mol. The number of aromatic nitrogens is 4. The zero-order chi connectivity index (χ0) is 19.1. The van der Waals surface area contributed by atoms with Crippen LogP contribution < -0.4 is 5.32 Å². The molecule has 0 amide bonds. The standard InChI is InChI=1S/C16H14Cl3N5O3/c17-7-1-8(18)3-9(2-7)21-16-22-14(19)13-15(23-16)24(6-20-13)12-4-10(26)11(5-25)27-12/h1-3,6,10-12,25-26H,4-5H2,(H,21,22,23)/t10-,11+,12+/m0/s1. The van der Waals surface area contributed by atoms with Crippen molar-refractivity contribution in [2.75, 3.05) is 11.9 Å². The van der Waals surface area contributed by atoms with Crippen LogP contribution in [0.25, 0.3) is 11.2 Å². The van der Waals surface area contributed by atoms with Crippen LogP contribution in [0.4, 0.5) is 11.6 Å². The van der Waals surface area contributed by atoms with Crippen LogP contribution in [0.5, 0.6) is 0 Å². The highest BCUT2D eigenvalue weighted by Crippen LogP contribution is 2.32. The van der Waals surface area contributed by atoms with Crippen LogP contribution in [0.15, 0.2) is 24.5 Å². The summed E-state index contributed by atoms with van der Waals surface area (Å²) in [5.41, 5.74) is 1.43. The molecule has 142 valence electrons. The van der Waals surface area contributed by atoms with Crippen molar-refractivity contribution in [3.05, 3.63) is 39.7 Å². The molecule has 11 heteroatoms. The van der Waals surface area contributed by atoms with Gasteiger partial charge in [-0.2, -0.15) is 9.97 Å². The quantitative estimate of drug-likeness (QED) is 0.546. The van der Waals surface area contributed by atoms with E-state index in [1.165, 1.54) is 6.33 Å². The number of rotatable bonds is 4. The minimum atomic E-state index is -0.777. The average Bonchev–Trinajstić information content (AvgIpc) is 3.17. The van der Waals surface area contributed by atoms with Crippen LogP contribution >= 0.6 is 34.8 Å². The van der Waals surface area contributed by atoms with Gasteiger partial charge in [0.05, 0.1) is 19.0 Å². The van der Waals surface area contributed by atoms with E-state index in [1.54, 1.807) is 22.8 Å².